The van der Waals surface area contributed by atoms with E-state index < -0.39 is 0 Å². The molecule has 2 aromatic carbocycles. The fraction of sp³-hybridized carbons (Fsp3) is 0.458. The third-order valence-electron chi connectivity index (χ3n) is 5.48. The number of hydrogen-bond acceptors (Lipinski definition) is 4. The normalized spacial score (nSPS) is 15.7. The van der Waals surface area contributed by atoms with Crippen LogP contribution in [0.1, 0.15) is 36.9 Å². The Bertz CT molecular complexity index is 804. The zero-order chi connectivity index (χ0) is 21.2. The van der Waals surface area contributed by atoms with Crippen molar-refractivity contribution in [2.24, 2.45) is 4.99 Å². The molecule has 0 amide bonds. The minimum atomic E-state index is 0.165. The van der Waals surface area contributed by atoms with Gasteiger partial charge in [-0.3, -0.25) is 9.89 Å². The first-order valence-corrected chi connectivity index (χ1v) is 10.9. The van der Waals surface area contributed by atoms with Crippen molar-refractivity contribution in [3.63, 3.8) is 0 Å². The molecular formula is C24H34N4O2. The van der Waals surface area contributed by atoms with Gasteiger partial charge in [0.15, 0.2) is 17.5 Å². The monoisotopic (exact) mass is 410 g/mol. The summed E-state index contributed by atoms with van der Waals surface area (Å²) < 4.78 is 5.20. The maximum Gasteiger partial charge on any atom is 0.191 e. The molecule has 0 bridgehead atoms. The zero-order valence-electron chi connectivity index (χ0n) is 18.1. The lowest BCUT2D eigenvalue weighted by Gasteiger charge is -2.27. The van der Waals surface area contributed by atoms with E-state index in [1.807, 2.05) is 12.1 Å². The van der Waals surface area contributed by atoms with Gasteiger partial charge in [0, 0.05) is 13.1 Å². The van der Waals surface area contributed by atoms with Crippen molar-refractivity contribution in [3.8, 4) is 11.5 Å². The second kappa shape index (κ2) is 11.5. The number of rotatable bonds is 9. The van der Waals surface area contributed by atoms with E-state index in [1.54, 1.807) is 13.2 Å². The average Bonchev–Trinajstić information content (AvgIpc) is 3.30. The number of likely N-dealkylation sites (tertiary alicyclic amines) is 1. The van der Waals surface area contributed by atoms with Crippen LogP contribution in [0.15, 0.2) is 53.5 Å². The number of nitrogens with zero attached hydrogens (tertiary/aromatic N) is 2. The summed E-state index contributed by atoms with van der Waals surface area (Å²) in [5.41, 5.74) is 2.43. The molecule has 2 aromatic rings. The average molecular weight is 411 g/mol. The van der Waals surface area contributed by atoms with Gasteiger partial charge in [0.25, 0.3) is 0 Å². The SMILES string of the molecule is CCNC(=NCC(c1ccccc1)N1CCCC1)NCCc1ccc(O)c(OC)c1. The van der Waals surface area contributed by atoms with E-state index in [2.05, 4.69) is 52.8 Å². The van der Waals surface area contributed by atoms with Gasteiger partial charge >= 0.3 is 0 Å². The molecule has 1 saturated heterocycles. The Balaban J connectivity index is 1.62. The van der Waals surface area contributed by atoms with Gasteiger partial charge in [-0.05, 0) is 62.5 Å². The minimum Gasteiger partial charge on any atom is -0.504 e. The van der Waals surface area contributed by atoms with Crippen LogP contribution in [0.4, 0.5) is 0 Å². The van der Waals surface area contributed by atoms with Gasteiger partial charge in [-0.15, -0.1) is 0 Å². The predicted octanol–water partition coefficient (Wildman–Crippen LogP) is 3.34. The van der Waals surface area contributed by atoms with Crippen molar-refractivity contribution in [2.45, 2.75) is 32.2 Å². The standard InChI is InChI=1S/C24H34N4O2/c1-3-25-24(26-14-13-19-11-12-22(29)23(17-19)30-2)27-18-21(28-15-7-8-16-28)20-9-5-4-6-10-20/h4-6,9-12,17,21,29H,3,7-8,13-16,18H2,1-2H3,(H2,25,26,27). The Morgan fingerprint density at radius 3 is 2.60 bits per heavy atom. The summed E-state index contributed by atoms with van der Waals surface area (Å²) in [5.74, 6) is 1.51. The Morgan fingerprint density at radius 1 is 1.13 bits per heavy atom. The zero-order valence-corrected chi connectivity index (χ0v) is 18.1. The molecule has 1 unspecified atom stereocenters. The van der Waals surface area contributed by atoms with Crippen LogP contribution in [0.2, 0.25) is 0 Å². The molecule has 162 valence electrons. The quantitative estimate of drug-likeness (QED) is 0.437. The van der Waals surface area contributed by atoms with Gasteiger partial charge < -0.3 is 20.5 Å². The number of hydrogen-bond donors (Lipinski definition) is 3. The largest absolute Gasteiger partial charge is 0.504 e. The number of phenolic OH excluding ortho intramolecular Hbond substituents is 1. The van der Waals surface area contributed by atoms with E-state index in [0.717, 1.165) is 50.7 Å². The first kappa shape index (κ1) is 22.0. The summed E-state index contributed by atoms with van der Waals surface area (Å²) in [4.78, 5) is 7.45. The second-order valence-corrected chi connectivity index (χ2v) is 7.57. The first-order chi connectivity index (χ1) is 14.7. The Hall–Kier alpha value is -2.73. The number of guanidine groups is 1. The molecule has 0 radical (unpaired) electrons. The number of ether oxygens (including phenoxy) is 1. The molecule has 1 atom stereocenters. The molecule has 1 aliphatic heterocycles. The molecule has 1 fully saturated rings. The van der Waals surface area contributed by atoms with Gasteiger partial charge in [-0.2, -0.15) is 0 Å². The number of benzene rings is 2. The number of nitrogens with one attached hydrogen (secondary N) is 2. The fourth-order valence-electron chi connectivity index (χ4n) is 3.88. The number of aliphatic imine (C=N–C) groups is 1. The highest BCUT2D eigenvalue weighted by molar-refractivity contribution is 5.79. The predicted molar refractivity (Wildman–Crippen MR) is 122 cm³/mol. The van der Waals surface area contributed by atoms with Crippen molar-refractivity contribution in [3.05, 3.63) is 59.7 Å². The van der Waals surface area contributed by atoms with Gasteiger partial charge in [0.1, 0.15) is 0 Å². The molecule has 0 saturated carbocycles. The Labute approximate surface area is 180 Å². The molecule has 3 rings (SSSR count). The molecule has 0 spiro atoms. The summed E-state index contributed by atoms with van der Waals surface area (Å²) >= 11 is 0. The van der Waals surface area contributed by atoms with Crippen LogP contribution in [0.25, 0.3) is 0 Å². The highest BCUT2D eigenvalue weighted by atomic mass is 16.5. The van der Waals surface area contributed by atoms with E-state index in [9.17, 15) is 5.11 Å². The molecule has 0 aromatic heterocycles. The Kier molecular flexibility index (Phi) is 8.39. The van der Waals surface area contributed by atoms with Crippen LogP contribution in [-0.4, -0.2) is 55.8 Å². The summed E-state index contributed by atoms with van der Waals surface area (Å²) in [6.45, 7) is 6.66. The first-order valence-electron chi connectivity index (χ1n) is 10.9. The second-order valence-electron chi connectivity index (χ2n) is 7.57. The van der Waals surface area contributed by atoms with Crippen LogP contribution < -0.4 is 15.4 Å². The van der Waals surface area contributed by atoms with Crippen LogP contribution in [-0.2, 0) is 6.42 Å². The lowest BCUT2D eigenvalue weighted by molar-refractivity contribution is 0.251. The number of aromatic hydroxyl groups is 1. The van der Waals surface area contributed by atoms with Crippen LogP contribution in [0, 0.1) is 0 Å². The van der Waals surface area contributed by atoms with Gasteiger partial charge in [0.05, 0.1) is 19.7 Å². The van der Waals surface area contributed by atoms with Gasteiger partial charge in [-0.1, -0.05) is 36.4 Å². The molecule has 30 heavy (non-hydrogen) atoms. The van der Waals surface area contributed by atoms with E-state index >= 15 is 0 Å². The molecular weight excluding hydrogens is 376 g/mol. The highest BCUT2D eigenvalue weighted by Crippen LogP contribution is 2.26. The summed E-state index contributed by atoms with van der Waals surface area (Å²) in [5, 5.41) is 16.5. The van der Waals surface area contributed by atoms with Gasteiger partial charge in [0.2, 0.25) is 0 Å². The molecule has 0 aliphatic carbocycles. The van der Waals surface area contributed by atoms with E-state index in [0.29, 0.717) is 11.8 Å². The van der Waals surface area contributed by atoms with Crippen molar-refractivity contribution in [1.82, 2.24) is 15.5 Å². The molecule has 6 nitrogen and oxygen atoms in total. The van der Waals surface area contributed by atoms with Crippen LogP contribution in [0.3, 0.4) is 0 Å². The smallest absolute Gasteiger partial charge is 0.191 e. The topological polar surface area (TPSA) is 69.1 Å². The lowest BCUT2D eigenvalue weighted by atomic mass is 10.1. The van der Waals surface area contributed by atoms with Crippen molar-refractivity contribution in [1.29, 1.82) is 0 Å². The number of phenols is 1. The summed E-state index contributed by atoms with van der Waals surface area (Å²) in [6, 6.07) is 16.5. The summed E-state index contributed by atoms with van der Waals surface area (Å²) in [7, 11) is 1.57. The minimum absolute atomic E-state index is 0.165. The highest BCUT2D eigenvalue weighted by Gasteiger charge is 2.23. The third kappa shape index (κ3) is 6.13. The molecule has 3 N–H and O–H groups in total. The number of methoxy groups -OCH3 is 1. The fourth-order valence-corrected chi connectivity index (χ4v) is 3.88. The Morgan fingerprint density at radius 2 is 1.90 bits per heavy atom. The molecule has 1 aliphatic rings. The van der Waals surface area contributed by atoms with E-state index in [4.69, 9.17) is 9.73 Å². The maximum atomic E-state index is 9.75. The van der Waals surface area contributed by atoms with E-state index in [-0.39, 0.29) is 5.75 Å². The van der Waals surface area contributed by atoms with Crippen molar-refractivity contribution >= 4 is 5.96 Å². The summed E-state index contributed by atoms with van der Waals surface area (Å²) in [6.07, 6.45) is 3.35. The van der Waals surface area contributed by atoms with E-state index in [1.165, 1.54) is 18.4 Å². The van der Waals surface area contributed by atoms with Crippen LogP contribution >= 0.6 is 0 Å². The third-order valence-corrected chi connectivity index (χ3v) is 5.48. The lowest BCUT2D eigenvalue weighted by Crippen LogP contribution is -2.39. The maximum absolute atomic E-state index is 9.75. The van der Waals surface area contributed by atoms with Crippen molar-refractivity contribution in [2.75, 3.05) is 39.8 Å². The van der Waals surface area contributed by atoms with Gasteiger partial charge in [-0.25, -0.2) is 0 Å². The molecule has 6 heteroatoms. The van der Waals surface area contributed by atoms with Crippen molar-refractivity contribution < 1.29 is 9.84 Å². The van der Waals surface area contributed by atoms with Crippen LogP contribution in [0.5, 0.6) is 11.5 Å². The molecule has 1 heterocycles.